The predicted molar refractivity (Wildman–Crippen MR) is 107 cm³/mol. The molecule has 0 aliphatic heterocycles. The van der Waals surface area contributed by atoms with Crippen LogP contribution in [-0.4, -0.2) is 27.0 Å². The SMILES string of the molecule is Cc1csc(-c2nc(C(=O)NCc3ccc(C(=O)NO)cc3)c(C3CC3)s2)n1. The molecule has 2 aromatic heterocycles. The Morgan fingerprint density at radius 3 is 2.50 bits per heavy atom. The molecule has 2 amide bonds. The van der Waals surface area contributed by atoms with Gasteiger partial charge in [0, 0.05) is 28.1 Å². The van der Waals surface area contributed by atoms with E-state index in [1.165, 1.54) is 11.3 Å². The molecule has 2 heterocycles. The van der Waals surface area contributed by atoms with Gasteiger partial charge in [-0.05, 0) is 43.4 Å². The van der Waals surface area contributed by atoms with Crippen molar-refractivity contribution < 1.29 is 14.8 Å². The van der Waals surface area contributed by atoms with Crippen molar-refractivity contribution in [3.8, 4) is 10.0 Å². The lowest BCUT2D eigenvalue weighted by atomic mass is 10.1. The quantitative estimate of drug-likeness (QED) is 0.423. The molecule has 4 rings (SSSR count). The number of hydrogen-bond donors (Lipinski definition) is 3. The molecular weight excluding hydrogens is 396 g/mol. The molecule has 1 aliphatic rings. The molecule has 144 valence electrons. The first-order valence-corrected chi connectivity index (χ1v) is 10.5. The van der Waals surface area contributed by atoms with Crippen molar-refractivity contribution in [2.75, 3.05) is 0 Å². The Balaban J connectivity index is 1.48. The van der Waals surface area contributed by atoms with Crippen LogP contribution in [0.15, 0.2) is 29.6 Å². The van der Waals surface area contributed by atoms with Crippen LogP contribution in [0.1, 0.15) is 55.7 Å². The van der Waals surface area contributed by atoms with E-state index in [1.54, 1.807) is 41.1 Å². The fourth-order valence-corrected chi connectivity index (χ4v) is 4.83. The van der Waals surface area contributed by atoms with Gasteiger partial charge >= 0.3 is 0 Å². The summed E-state index contributed by atoms with van der Waals surface area (Å²) in [6.45, 7) is 2.27. The van der Waals surface area contributed by atoms with Crippen LogP contribution in [0, 0.1) is 6.92 Å². The second kappa shape index (κ2) is 7.78. The fourth-order valence-electron chi connectivity index (χ4n) is 2.77. The lowest BCUT2D eigenvalue weighted by Gasteiger charge is -2.06. The van der Waals surface area contributed by atoms with E-state index in [2.05, 4.69) is 15.3 Å². The highest BCUT2D eigenvalue weighted by Crippen LogP contribution is 2.46. The molecule has 0 radical (unpaired) electrons. The minimum atomic E-state index is -0.572. The molecular formula is C19H18N4O3S2. The van der Waals surface area contributed by atoms with Crippen molar-refractivity contribution in [3.63, 3.8) is 0 Å². The highest BCUT2D eigenvalue weighted by atomic mass is 32.1. The lowest BCUT2D eigenvalue weighted by Crippen LogP contribution is -2.24. The molecule has 1 aliphatic carbocycles. The summed E-state index contributed by atoms with van der Waals surface area (Å²) in [6.07, 6.45) is 2.18. The first-order chi connectivity index (χ1) is 13.5. The average molecular weight is 415 g/mol. The fraction of sp³-hybridized carbons (Fsp3) is 0.263. The van der Waals surface area contributed by atoms with Crippen LogP contribution in [-0.2, 0) is 6.54 Å². The number of thiazole rings is 2. The molecule has 3 N–H and O–H groups in total. The highest BCUT2D eigenvalue weighted by Gasteiger charge is 2.32. The Hall–Kier alpha value is -2.62. The van der Waals surface area contributed by atoms with Gasteiger partial charge in [-0.3, -0.25) is 14.8 Å². The Kier molecular flexibility index (Phi) is 5.21. The van der Waals surface area contributed by atoms with Crippen molar-refractivity contribution in [3.05, 3.63) is 57.0 Å². The topological polar surface area (TPSA) is 104 Å². The molecule has 7 nitrogen and oxygen atoms in total. The van der Waals surface area contributed by atoms with E-state index in [0.29, 0.717) is 23.7 Å². The van der Waals surface area contributed by atoms with Crippen LogP contribution in [0.3, 0.4) is 0 Å². The molecule has 0 spiro atoms. The van der Waals surface area contributed by atoms with E-state index < -0.39 is 5.91 Å². The zero-order valence-corrected chi connectivity index (χ0v) is 16.7. The summed E-state index contributed by atoms with van der Waals surface area (Å²) in [6, 6.07) is 6.65. The number of nitrogens with zero attached hydrogens (tertiary/aromatic N) is 2. The van der Waals surface area contributed by atoms with E-state index in [0.717, 1.165) is 39.0 Å². The number of aryl methyl sites for hydroxylation is 1. The molecule has 0 unspecified atom stereocenters. The number of aromatic nitrogens is 2. The van der Waals surface area contributed by atoms with E-state index >= 15 is 0 Å². The minimum Gasteiger partial charge on any atom is -0.347 e. The standard InChI is InChI=1S/C19H18N4O3S2/c1-10-9-27-18(21-10)19-22-14(15(28-19)12-6-7-12)17(25)20-8-11-2-4-13(5-3-11)16(24)23-26/h2-5,9,12,26H,6-8H2,1H3,(H,20,25)(H,23,24). The average Bonchev–Trinajstić information content (AvgIpc) is 3.31. The zero-order chi connectivity index (χ0) is 19.7. The van der Waals surface area contributed by atoms with E-state index in [4.69, 9.17) is 5.21 Å². The third-order valence-electron chi connectivity index (χ3n) is 4.39. The smallest absolute Gasteiger partial charge is 0.274 e. The van der Waals surface area contributed by atoms with Gasteiger partial charge in [0.2, 0.25) is 0 Å². The van der Waals surface area contributed by atoms with Gasteiger partial charge in [-0.25, -0.2) is 15.4 Å². The van der Waals surface area contributed by atoms with Crippen LogP contribution in [0.25, 0.3) is 10.0 Å². The van der Waals surface area contributed by atoms with Gasteiger partial charge in [0.15, 0.2) is 10.0 Å². The summed E-state index contributed by atoms with van der Waals surface area (Å²) >= 11 is 3.10. The molecule has 0 bridgehead atoms. The number of nitrogens with one attached hydrogen (secondary N) is 2. The number of benzene rings is 1. The summed E-state index contributed by atoms with van der Waals surface area (Å²) in [5, 5.41) is 15.2. The van der Waals surface area contributed by atoms with Gasteiger partial charge in [0.25, 0.3) is 11.8 Å². The summed E-state index contributed by atoms with van der Waals surface area (Å²) in [5.74, 6) is -0.351. The Bertz CT molecular complexity index is 1020. The van der Waals surface area contributed by atoms with Crippen LogP contribution in [0.5, 0.6) is 0 Å². The van der Waals surface area contributed by atoms with Crippen molar-refractivity contribution in [2.45, 2.75) is 32.2 Å². The van der Waals surface area contributed by atoms with Crippen LogP contribution in [0.2, 0.25) is 0 Å². The predicted octanol–water partition coefficient (Wildman–Crippen LogP) is 3.50. The third-order valence-corrected chi connectivity index (χ3v) is 6.71. The van der Waals surface area contributed by atoms with Gasteiger partial charge < -0.3 is 5.32 Å². The maximum atomic E-state index is 12.8. The summed E-state index contributed by atoms with van der Waals surface area (Å²) in [7, 11) is 0. The molecule has 1 fully saturated rings. The number of carbonyl (C=O) groups is 2. The largest absolute Gasteiger partial charge is 0.347 e. The molecule has 28 heavy (non-hydrogen) atoms. The van der Waals surface area contributed by atoms with Crippen molar-refractivity contribution in [1.82, 2.24) is 20.8 Å². The summed E-state index contributed by atoms with van der Waals surface area (Å²) < 4.78 is 0. The number of amides is 2. The molecule has 0 atom stereocenters. The van der Waals surface area contributed by atoms with E-state index in [-0.39, 0.29) is 5.91 Å². The molecule has 9 heteroatoms. The summed E-state index contributed by atoms with van der Waals surface area (Å²) in [4.78, 5) is 34.2. The number of rotatable bonds is 6. The molecule has 1 aromatic carbocycles. The zero-order valence-electron chi connectivity index (χ0n) is 15.1. The van der Waals surface area contributed by atoms with E-state index in [1.807, 2.05) is 12.3 Å². The number of hydrogen-bond acceptors (Lipinski definition) is 7. The lowest BCUT2D eigenvalue weighted by molar-refractivity contribution is 0.0706. The van der Waals surface area contributed by atoms with Gasteiger partial charge in [-0.15, -0.1) is 22.7 Å². The number of hydroxylamine groups is 1. The summed E-state index contributed by atoms with van der Waals surface area (Å²) in [5.41, 5.74) is 4.23. The van der Waals surface area contributed by atoms with Gasteiger partial charge in [-0.1, -0.05) is 12.1 Å². The van der Waals surface area contributed by atoms with Crippen LogP contribution in [0.4, 0.5) is 0 Å². The second-order valence-corrected chi connectivity index (χ2v) is 8.51. The first kappa shape index (κ1) is 18.7. The molecule has 3 aromatic rings. The Labute approximate surface area is 169 Å². The Morgan fingerprint density at radius 1 is 1.14 bits per heavy atom. The Morgan fingerprint density at radius 2 is 1.89 bits per heavy atom. The van der Waals surface area contributed by atoms with Gasteiger partial charge in [0.05, 0.1) is 0 Å². The van der Waals surface area contributed by atoms with Crippen molar-refractivity contribution in [1.29, 1.82) is 0 Å². The third kappa shape index (κ3) is 3.96. The molecule has 0 saturated heterocycles. The molecule has 1 saturated carbocycles. The van der Waals surface area contributed by atoms with Crippen LogP contribution >= 0.6 is 22.7 Å². The van der Waals surface area contributed by atoms with Crippen molar-refractivity contribution >= 4 is 34.5 Å². The minimum absolute atomic E-state index is 0.199. The maximum Gasteiger partial charge on any atom is 0.274 e. The van der Waals surface area contributed by atoms with Crippen molar-refractivity contribution in [2.24, 2.45) is 0 Å². The van der Waals surface area contributed by atoms with Gasteiger partial charge in [0.1, 0.15) is 5.69 Å². The second-order valence-electron chi connectivity index (χ2n) is 6.62. The maximum absolute atomic E-state index is 12.8. The highest BCUT2D eigenvalue weighted by molar-refractivity contribution is 7.21. The van der Waals surface area contributed by atoms with Gasteiger partial charge in [-0.2, -0.15) is 0 Å². The normalized spacial score (nSPS) is 13.4. The monoisotopic (exact) mass is 414 g/mol. The van der Waals surface area contributed by atoms with Crippen LogP contribution < -0.4 is 10.8 Å². The first-order valence-electron chi connectivity index (χ1n) is 8.80. The number of carbonyl (C=O) groups excluding carboxylic acids is 2. The van der Waals surface area contributed by atoms with E-state index in [9.17, 15) is 9.59 Å².